The second-order valence-electron chi connectivity index (χ2n) is 3.86. The van der Waals surface area contributed by atoms with E-state index in [1.54, 1.807) is 4.90 Å². The maximum absolute atomic E-state index is 11.6. The molecule has 0 aromatic rings. The zero-order valence-corrected chi connectivity index (χ0v) is 9.37. The molecular weight excluding hydrogens is 162 g/mol. The summed E-state index contributed by atoms with van der Waals surface area (Å²) >= 11 is 0. The molecule has 13 heavy (non-hydrogen) atoms. The van der Waals surface area contributed by atoms with Gasteiger partial charge in [0.25, 0.3) is 0 Å². The highest BCUT2D eigenvalue weighted by molar-refractivity contribution is 5.79. The Hall–Kier alpha value is -0.790. The molecule has 0 radical (unpaired) electrons. The molecule has 0 aromatic carbocycles. The van der Waals surface area contributed by atoms with Crippen LogP contribution in [0.2, 0.25) is 0 Å². The fourth-order valence-corrected chi connectivity index (χ4v) is 0.942. The Kier molecular flexibility index (Phi) is 5.44. The molecule has 0 aliphatic rings. The predicted molar refractivity (Wildman–Crippen MR) is 56.2 cm³/mol. The predicted octanol–water partition coefficient (Wildman–Crippen LogP) is 2.66. The average molecular weight is 183 g/mol. The van der Waals surface area contributed by atoms with Crippen LogP contribution in [0.1, 0.15) is 34.6 Å². The Morgan fingerprint density at radius 3 is 2.15 bits per heavy atom. The molecule has 0 unspecified atom stereocenters. The minimum absolute atomic E-state index is 0.0803. The second-order valence-corrected chi connectivity index (χ2v) is 3.86. The minimum Gasteiger partial charge on any atom is -0.319 e. The number of nitrogens with zero attached hydrogens (tertiary/aromatic N) is 1. The van der Waals surface area contributed by atoms with Crippen LogP contribution in [0.4, 0.5) is 0 Å². The molecule has 0 aromatic heterocycles. The molecule has 1 amide bonds. The number of rotatable bonds is 4. The molecule has 2 nitrogen and oxygen atoms in total. The van der Waals surface area contributed by atoms with Gasteiger partial charge in [0.15, 0.2) is 0 Å². The van der Waals surface area contributed by atoms with Crippen molar-refractivity contribution in [2.75, 3.05) is 6.54 Å². The minimum atomic E-state index is 0.0803. The molecule has 0 aliphatic heterocycles. The summed E-state index contributed by atoms with van der Waals surface area (Å²) in [5.41, 5.74) is 0. The molecule has 76 valence electrons. The van der Waals surface area contributed by atoms with Gasteiger partial charge in [-0.2, -0.15) is 0 Å². The third-order valence-corrected chi connectivity index (χ3v) is 1.77. The normalized spacial score (nSPS) is 11.6. The lowest BCUT2D eigenvalue weighted by Crippen LogP contribution is -2.29. The van der Waals surface area contributed by atoms with Crippen molar-refractivity contribution in [1.29, 1.82) is 0 Å². The standard InChI is InChI=1S/C11H21NO/c1-6-12(8-7-9(2)3)11(13)10(4)5/h7-10H,6H2,1-5H3/b8-7-. The molecule has 0 atom stereocenters. The second kappa shape index (κ2) is 5.79. The molecule has 0 aliphatic carbocycles. The van der Waals surface area contributed by atoms with Crippen molar-refractivity contribution in [1.82, 2.24) is 4.90 Å². The summed E-state index contributed by atoms with van der Waals surface area (Å²) in [7, 11) is 0. The summed E-state index contributed by atoms with van der Waals surface area (Å²) in [5, 5.41) is 0. The molecule has 0 fully saturated rings. The quantitative estimate of drug-likeness (QED) is 0.656. The van der Waals surface area contributed by atoms with Crippen molar-refractivity contribution in [3.05, 3.63) is 12.3 Å². The van der Waals surface area contributed by atoms with Crippen LogP contribution in [0.5, 0.6) is 0 Å². The number of hydrogen-bond donors (Lipinski definition) is 0. The van der Waals surface area contributed by atoms with Gasteiger partial charge >= 0.3 is 0 Å². The summed E-state index contributed by atoms with van der Waals surface area (Å²) in [5.74, 6) is 0.769. The zero-order valence-electron chi connectivity index (χ0n) is 9.37. The molecule has 0 saturated heterocycles. The van der Waals surface area contributed by atoms with E-state index in [9.17, 15) is 4.79 Å². The van der Waals surface area contributed by atoms with Crippen LogP contribution in [-0.4, -0.2) is 17.4 Å². The Labute approximate surface area is 81.6 Å². The van der Waals surface area contributed by atoms with Gasteiger partial charge in [-0.15, -0.1) is 0 Å². The summed E-state index contributed by atoms with van der Waals surface area (Å²) in [4.78, 5) is 13.3. The first-order chi connectivity index (χ1) is 5.99. The first-order valence-corrected chi connectivity index (χ1v) is 4.97. The van der Waals surface area contributed by atoms with Crippen molar-refractivity contribution >= 4 is 5.91 Å². The lowest BCUT2D eigenvalue weighted by molar-refractivity contribution is -0.131. The highest BCUT2D eigenvalue weighted by Gasteiger charge is 2.12. The van der Waals surface area contributed by atoms with Gasteiger partial charge in [-0.25, -0.2) is 0 Å². The SMILES string of the molecule is CCN(/C=C\C(C)C)C(=O)C(C)C. The van der Waals surface area contributed by atoms with E-state index in [4.69, 9.17) is 0 Å². The lowest BCUT2D eigenvalue weighted by Gasteiger charge is -2.18. The van der Waals surface area contributed by atoms with E-state index < -0.39 is 0 Å². The third kappa shape index (κ3) is 4.71. The largest absolute Gasteiger partial charge is 0.319 e. The lowest BCUT2D eigenvalue weighted by atomic mass is 10.2. The molecular formula is C11H21NO. The third-order valence-electron chi connectivity index (χ3n) is 1.77. The zero-order chi connectivity index (χ0) is 10.4. The number of carbonyl (C=O) groups is 1. The molecule has 0 bridgehead atoms. The first-order valence-electron chi connectivity index (χ1n) is 4.97. The van der Waals surface area contributed by atoms with Crippen LogP contribution in [0.3, 0.4) is 0 Å². The van der Waals surface area contributed by atoms with Gasteiger partial charge in [-0.1, -0.05) is 33.8 Å². The topological polar surface area (TPSA) is 20.3 Å². The molecule has 2 heteroatoms. The van der Waals surface area contributed by atoms with E-state index in [1.807, 2.05) is 33.0 Å². The van der Waals surface area contributed by atoms with Crippen LogP contribution >= 0.6 is 0 Å². The summed E-state index contributed by atoms with van der Waals surface area (Å²) in [6, 6.07) is 0. The van der Waals surface area contributed by atoms with Gasteiger partial charge in [-0.3, -0.25) is 4.79 Å². The van der Waals surface area contributed by atoms with Gasteiger partial charge in [0, 0.05) is 18.7 Å². The van der Waals surface area contributed by atoms with Crippen LogP contribution < -0.4 is 0 Å². The van der Waals surface area contributed by atoms with E-state index >= 15 is 0 Å². The van der Waals surface area contributed by atoms with Crippen LogP contribution in [-0.2, 0) is 4.79 Å². The van der Waals surface area contributed by atoms with Gasteiger partial charge in [-0.05, 0) is 12.8 Å². The monoisotopic (exact) mass is 183 g/mol. The molecule has 0 saturated carbocycles. The van der Waals surface area contributed by atoms with Crippen LogP contribution in [0.25, 0.3) is 0 Å². The summed E-state index contributed by atoms with van der Waals surface area (Å²) in [6.07, 6.45) is 3.94. The Balaban J connectivity index is 4.26. The Morgan fingerprint density at radius 2 is 1.85 bits per heavy atom. The highest BCUT2D eigenvalue weighted by atomic mass is 16.2. The van der Waals surface area contributed by atoms with Gasteiger partial charge in [0.1, 0.15) is 0 Å². The Bertz CT molecular complexity index is 183. The maximum atomic E-state index is 11.6. The van der Waals surface area contributed by atoms with Crippen molar-refractivity contribution in [2.45, 2.75) is 34.6 Å². The van der Waals surface area contributed by atoms with Crippen LogP contribution in [0, 0.1) is 11.8 Å². The van der Waals surface area contributed by atoms with Gasteiger partial charge < -0.3 is 4.90 Å². The van der Waals surface area contributed by atoms with E-state index in [-0.39, 0.29) is 11.8 Å². The van der Waals surface area contributed by atoms with Crippen molar-refractivity contribution in [2.24, 2.45) is 11.8 Å². The summed E-state index contributed by atoms with van der Waals surface area (Å²) in [6.45, 7) is 10.8. The Morgan fingerprint density at radius 1 is 1.31 bits per heavy atom. The van der Waals surface area contributed by atoms with E-state index in [1.165, 1.54) is 0 Å². The smallest absolute Gasteiger partial charge is 0.229 e. The maximum Gasteiger partial charge on any atom is 0.229 e. The van der Waals surface area contributed by atoms with E-state index in [2.05, 4.69) is 13.8 Å². The first kappa shape index (κ1) is 12.2. The molecule has 0 heterocycles. The van der Waals surface area contributed by atoms with Crippen LogP contribution in [0.15, 0.2) is 12.3 Å². The number of allylic oxidation sites excluding steroid dienone is 1. The molecule has 0 rings (SSSR count). The fraction of sp³-hybridized carbons (Fsp3) is 0.727. The average Bonchev–Trinajstić information content (AvgIpc) is 2.04. The highest BCUT2D eigenvalue weighted by Crippen LogP contribution is 2.03. The van der Waals surface area contributed by atoms with E-state index in [0.717, 1.165) is 6.54 Å². The van der Waals surface area contributed by atoms with Gasteiger partial charge in [0.05, 0.1) is 0 Å². The number of carbonyl (C=O) groups excluding carboxylic acids is 1. The van der Waals surface area contributed by atoms with Crippen molar-refractivity contribution in [3.8, 4) is 0 Å². The van der Waals surface area contributed by atoms with Gasteiger partial charge in [0.2, 0.25) is 5.91 Å². The fourth-order valence-electron chi connectivity index (χ4n) is 0.942. The summed E-state index contributed by atoms with van der Waals surface area (Å²) < 4.78 is 0. The van der Waals surface area contributed by atoms with Crippen molar-refractivity contribution < 1.29 is 4.79 Å². The molecule has 0 N–H and O–H groups in total. The number of amides is 1. The van der Waals surface area contributed by atoms with Crippen molar-refractivity contribution in [3.63, 3.8) is 0 Å². The van der Waals surface area contributed by atoms with E-state index in [0.29, 0.717) is 5.92 Å². The molecule has 0 spiro atoms. The number of hydrogen-bond acceptors (Lipinski definition) is 1.